The zero-order valence-corrected chi connectivity index (χ0v) is 11.3. The van der Waals surface area contributed by atoms with E-state index < -0.39 is 0 Å². The third kappa shape index (κ3) is 2.31. The third-order valence-electron chi connectivity index (χ3n) is 3.55. The summed E-state index contributed by atoms with van der Waals surface area (Å²) in [6.45, 7) is 5.30. The third-order valence-corrected chi connectivity index (χ3v) is 4.08. The van der Waals surface area contributed by atoms with E-state index in [-0.39, 0.29) is 0 Å². The molecule has 88 valence electrons. The Bertz CT molecular complexity index is 324. The van der Waals surface area contributed by atoms with E-state index in [1.54, 1.807) is 0 Å². The highest BCUT2D eigenvalue weighted by Gasteiger charge is 2.33. The number of nitrogens with two attached hydrogens (primary N) is 1. The Kier molecular flexibility index (Phi) is 4.00. The number of likely N-dealkylation sites (tertiary alicyclic amines) is 1. The molecule has 0 aromatic heterocycles. The summed E-state index contributed by atoms with van der Waals surface area (Å²) in [5.74, 6) is 0.612. The fraction of sp³-hybridized carbons (Fsp3) is 0.538. The van der Waals surface area contributed by atoms with E-state index in [1.165, 1.54) is 18.5 Å². The SMILES string of the molecule is CCN1CCC(CN)C1c1ccc(Br)cc1. The van der Waals surface area contributed by atoms with E-state index in [9.17, 15) is 0 Å². The van der Waals surface area contributed by atoms with Crippen molar-refractivity contribution in [1.82, 2.24) is 4.90 Å². The van der Waals surface area contributed by atoms with Crippen molar-refractivity contribution in [3.05, 3.63) is 34.3 Å². The molecule has 0 amide bonds. The fourth-order valence-corrected chi connectivity index (χ4v) is 2.94. The molecule has 1 saturated heterocycles. The molecule has 16 heavy (non-hydrogen) atoms. The molecule has 1 aliphatic rings. The van der Waals surface area contributed by atoms with Crippen molar-refractivity contribution in [3.63, 3.8) is 0 Å². The lowest BCUT2D eigenvalue weighted by atomic mass is 9.94. The Morgan fingerprint density at radius 3 is 2.62 bits per heavy atom. The van der Waals surface area contributed by atoms with Crippen LogP contribution in [-0.2, 0) is 0 Å². The van der Waals surface area contributed by atoms with Gasteiger partial charge in [-0.05, 0) is 49.7 Å². The molecule has 0 spiro atoms. The molecule has 0 saturated carbocycles. The van der Waals surface area contributed by atoms with E-state index in [0.29, 0.717) is 12.0 Å². The average Bonchev–Trinajstić information content (AvgIpc) is 2.73. The van der Waals surface area contributed by atoms with Crippen LogP contribution in [-0.4, -0.2) is 24.5 Å². The summed E-state index contributed by atoms with van der Waals surface area (Å²) in [7, 11) is 0. The van der Waals surface area contributed by atoms with Crippen molar-refractivity contribution in [2.24, 2.45) is 11.7 Å². The topological polar surface area (TPSA) is 29.3 Å². The molecule has 3 heteroatoms. The molecule has 1 aromatic rings. The van der Waals surface area contributed by atoms with Gasteiger partial charge in [0.25, 0.3) is 0 Å². The highest BCUT2D eigenvalue weighted by atomic mass is 79.9. The lowest BCUT2D eigenvalue weighted by molar-refractivity contribution is 0.242. The van der Waals surface area contributed by atoms with Gasteiger partial charge in [-0.25, -0.2) is 0 Å². The van der Waals surface area contributed by atoms with Crippen LogP contribution >= 0.6 is 15.9 Å². The summed E-state index contributed by atoms with van der Waals surface area (Å²) in [6.07, 6.45) is 1.23. The van der Waals surface area contributed by atoms with Crippen LogP contribution in [0.4, 0.5) is 0 Å². The second kappa shape index (κ2) is 5.30. The van der Waals surface area contributed by atoms with Gasteiger partial charge in [0.1, 0.15) is 0 Å². The molecule has 1 fully saturated rings. The minimum Gasteiger partial charge on any atom is -0.330 e. The normalized spacial score (nSPS) is 26.2. The summed E-state index contributed by atoms with van der Waals surface area (Å²) in [6, 6.07) is 9.18. The standard InChI is InChI=1S/C13H19BrN2/c1-2-16-8-7-11(9-15)13(16)10-3-5-12(14)6-4-10/h3-6,11,13H,2,7-9,15H2,1H3. The van der Waals surface area contributed by atoms with Gasteiger partial charge in [0, 0.05) is 10.5 Å². The number of hydrogen-bond acceptors (Lipinski definition) is 2. The highest BCUT2D eigenvalue weighted by Crippen LogP contribution is 2.36. The van der Waals surface area contributed by atoms with Crippen LogP contribution in [0, 0.1) is 5.92 Å². The first-order valence-electron chi connectivity index (χ1n) is 5.95. The van der Waals surface area contributed by atoms with Gasteiger partial charge in [-0.3, -0.25) is 4.90 Å². The maximum Gasteiger partial charge on any atom is 0.0388 e. The molecule has 2 N–H and O–H groups in total. The Morgan fingerprint density at radius 2 is 2.06 bits per heavy atom. The van der Waals surface area contributed by atoms with E-state index >= 15 is 0 Å². The number of hydrogen-bond donors (Lipinski definition) is 1. The smallest absolute Gasteiger partial charge is 0.0388 e. The van der Waals surface area contributed by atoms with Crippen LogP contribution in [0.1, 0.15) is 24.9 Å². The Balaban J connectivity index is 2.24. The van der Waals surface area contributed by atoms with Crippen molar-refractivity contribution in [1.29, 1.82) is 0 Å². The second-order valence-corrected chi connectivity index (χ2v) is 5.33. The largest absolute Gasteiger partial charge is 0.330 e. The van der Waals surface area contributed by atoms with Crippen molar-refractivity contribution in [3.8, 4) is 0 Å². The van der Waals surface area contributed by atoms with Gasteiger partial charge in [-0.2, -0.15) is 0 Å². The molecule has 0 bridgehead atoms. The molecule has 2 atom stereocenters. The Hall–Kier alpha value is -0.380. The zero-order valence-electron chi connectivity index (χ0n) is 9.70. The zero-order chi connectivity index (χ0) is 11.5. The summed E-state index contributed by atoms with van der Waals surface area (Å²) < 4.78 is 1.14. The maximum absolute atomic E-state index is 5.87. The Labute approximate surface area is 106 Å². The predicted octanol–water partition coefficient (Wildman–Crippen LogP) is 2.79. The summed E-state index contributed by atoms with van der Waals surface area (Å²) in [5, 5.41) is 0. The van der Waals surface area contributed by atoms with Crippen LogP contribution in [0.2, 0.25) is 0 Å². The minimum absolute atomic E-state index is 0.517. The number of benzene rings is 1. The fourth-order valence-electron chi connectivity index (χ4n) is 2.67. The molecule has 1 aliphatic heterocycles. The van der Waals surface area contributed by atoms with Crippen LogP contribution in [0.25, 0.3) is 0 Å². The van der Waals surface area contributed by atoms with E-state index in [1.807, 2.05) is 0 Å². The maximum atomic E-state index is 5.87. The van der Waals surface area contributed by atoms with Crippen molar-refractivity contribution < 1.29 is 0 Å². The van der Waals surface area contributed by atoms with Gasteiger partial charge in [-0.1, -0.05) is 35.0 Å². The molecule has 2 nitrogen and oxygen atoms in total. The van der Waals surface area contributed by atoms with Crippen LogP contribution in [0.5, 0.6) is 0 Å². The van der Waals surface area contributed by atoms with Crippen LogP contribution in [0.15, 0.2) is 28.7 Å². The van der Waals surface area contributed by atoms with Gasteiger partial charge in [0.2, 0.25) is 0 Å². The minimum atomic E-state index is 0.517. The quantitative estimate of drug-likeness (QED) is 0.924. The molecule has 1 heterocycles. The van der Waals surface area contributed by atoms with E-state index in [4.69, 9.17) is 5.73 Å². The molecule has 0 aliphatic carbocycles. The molecular formula is C13H19BrN2. The van der Waals surface area contributed by atoms with Gasteiger partial charge >= 0.3 is 0 Å². The molecule has 2 rings (SSSR count). The van der Waals surface area contributed by atoms with E-state index in [0.717, 1.165) is 17.6 Å². The second-order valence-electron chi connectivity index (χ2n) is 4.41. The first-order valence-corrected chi connectivity index (χ1v) is 6.75. The number of nitrogens with zero attached hydrogens (tertiary/aromatic N) is 1. The number of halogens is 1. The van der Waals surface area contributed by atoms with Crippen molar-refractivity contribution in [2.75, 3.05) is 19.6 Å². The molecular weight excluding hydrogens is 264 g/mol. The lowest BCUT2D eigenvalue weighted by Gasteiger charge is -2.27. The van der Waals surface area contributed by atoms with Crippen molar-refractivity contribution >= 4 is 15.9 Å². The molecule has 2 unspecified atom stereocenters. The molecule has 0 radical (unpaired) electrons. The number of rotatable bonds is 3. The first-order chi connectivity index (χ1) is 7.76. The van der Waals surface area contributed by atoms with Crippen LogP contribution < -0.4 is 5.73 Å². The van der Waals surface area contributed by atoms with Gasteiger partial charge in [0.05, 0.1) is 0 Å². The monoisotopic (exact) mass is 282 g/mol. The van der Waals surface area contributed by atoms with Gasteiger partial charge < -0.3 is 5.73 Å². The Morgan fingerprint density at radius 1 is 1.38 bits per heavy atom. The van der Waals surface area contributed by atoms with E-state index in [2.05, 4.69) is 52.0 Å². The summed E-state index contributed by atoms with van der Waals surface area (Å²) in [5.41, 5.74) is 7.27. The first kappa shape index (κ1) is 12.1. The molecule has 1 aromatic carbocycles. The van der Waals surface area contributed by atoms with Crippen LogP contribution in [0.3, 0.4) is 0 Å². The average molecular weight is 283 g/mol. The summed E-state index contributed by atoms with van der Waals surface area (Å²) >= 11 is 3.48. The van der Waals surface area contributed by atoms with Gasteiger partial charge in [0.15, 0.2) is 0 Å². The van der Waals surface area contributed by atoms with Gasteiger partial charge in [-0.15, -0.1) is 0 Å². The predicted molar refractivity (Wildman–Crippen MR) is 71.3 cm³/mol. The summed E-state index contributed by atoms with van der Waals surface area (Å²) in [4.78, 5) is 2.53. The van der Waals surface area contributed by atoms with Crippen molar-refractivity contribution in [2.45, 2.75) is 19.4 Å². The highest BCUT2D eigenvalue weighted by molar-refractivity contribution is 9.10. The lowest BCUT2D eigenvalue weighted by Crippen LogP contribution is -2.27.